The second-order valence-corrected chi connectivity index (χ2v) is 6.73. The number of nitrogens with zero attached hydrogens (tertiary/aromatic N) is 2. The van der Waals surface area contributed by atoms with Crippen molar-refractivity contribution in [2.45, 2.75) is 31.7 Å². The van der Waals surface area contributed by atoms with Crippen LogP contribution in [0.25, 0.3) is 0 Å². The Hall–Kier alpha value is -1.05. The second-order valence-electron chi connectivity index (χ2n) is 5.87. The molecule has 1 aliphatic heterocycles. The van der Waals surface area contributed by atoms with Crippen molar-refractivity contribution in [2.24, 2.45) is 5.92 Å². The van der Waals surface area contributed by atoms with Gasteiger partial charge in [-0.1, -0.05) is 0 Å². The average molecular weight is 334 g/mol. The highest BCUT2D eigenvalue weighted by Crippen LogP contribution is 2.37. The van der Waals surface area contributed by atoms with Crippen molar-refractivity contribution < 1.29 is 0 Å². The number of anilines is 1. The van der Waals surface area contributed by atoms with Crippen LogP contribution in [-0.2, 0) is 0 Å². The lowest BCUT2D eigenvalue weighted by Crippen LogP contribution is -2.39. The highest BCUT2D eigenvalue weighted by atomic mass is 79.9. The van der Waals surface area contributed by atoms with Crippen molar-refractivity contribution in [2.75, 3.05) is 24.5 Å². The van der Waals surface area contributed by atoms with Gasteiger partial charge in [-0.15, -0.1) is 0 Å². The summed E-state index contributed by atoms with van der Waals surface area (Å²) in [5, 5.41) is 12.5. The largest absolute Gasteiger partial charge is 0.367 e. The first-order valence-electron chi connectivity index (χ1n) is 7.45. The molecule has 1 N–H and O–H groups in total. The Bertz CT molecular complexity index is 513. The van der Waals surface area contributed by atoms with Crippen LogP contribution >= 0.6 is 15.9 Å². The molecule has 106 valence electrons. The summed E-state index contributed by atoms with van der Waals surface area (Å²) in [5.74, 6) is 0.742. The van der Waals surface area contributed by atoms with Crippen LogP contribution in [0.1, 0.15) is 31.2 Å². The lowest BCUT2D eigenvalue weighted by Gasteiger charge is -2.32. The molecule has 0 amide bonds. The molecule has 0 bridgehead atoms. The number of benzene rings is 1. The molecule has 1 saturated heterocycles. The molecule has 1 aliphatic carbocycles. The zero-order chi connectivity index (χ0) is 13.9. The summed E-state index contributed by atoms with van der Waals surface area (Å²) in [6, 6.07) is 8.85. The van der Waals surface area contributed by atoms with Gasteiger partial charge < -0.3 is 10.2 Å². The van der Waals surface area contributed by atoms with Gasteiger partial charge in [0.25, 0.3) is 0 Å². The molecule has 1 heterocycles. The maximum Gasteiger partial charge on any atom is 0.0992 e. The third kappa shape index (κ3) is 3.16. The Morgan fingerprint density at radius 2 is 2.20 bits per heavy atom. The fraction of sp³-hybridized carbons (Fsp3) is 0.562. The molecule has 1 saturated carbocycles. The maximum atomic E-state index is 8.98. The molecule has 3 nitrogen and oxygen atoms in total. The molecule has 2 fully saturated rings. The van der Waals surface area contributed by atoms with Gasteiger partial charge in [0.2, 0.25) is 0 Å². The van der Waals surface area contributed by atoms with Crippen LogP contribution in [0.4, 0.5) is 5.69 Å². The second kappa shape index (κ2) is 6.15. The Kier molecular flexibility index (Phi) is 4.28. The average Bonchev–Trinajstić information content (AvgIpc) is 3.31. The van der Waals surface area contributed by atoms with Gasteiger partial charge >= 0.3 is 0 Å². The van der Waals surface area contributed by atoms with Crippen LogP contribution < -0.4 is 10.2 Å². The van der Waals surface area contributed by atoms with Crippen molar-refractivity contribution in [1.29, 1.82) is 5.26 Å². The maximum absolute atomic E-state index is 8.98. The number of nitrogens with one attached hydrogen (secondary N) is 1. The molecule has 4 heteroatoms. The smallest absolute Gasteiger partial charge is 0.0992 e. The third-order valence-corrected chi connectivity index (χ3v) is 4.86. The summed E-state index contributed by atoms with van der Waals surface area (Å²) >= 11 is 3.64. The molecule has 0 radical (unpaired) electrons. The molecular formula is C16H20BrN3. The molecule has 3 rings (SSSR count). The predicted octanol–water partition coefficient (Wildman–Crippen LogP) is 3.29. The molecule has 1 atom stereocenters. The van der Waals surface area contributed by atoms with Gasteiger partial charge in [0.15, 0.2) is 0 Å². The van der Waals surface area contributed by atoms with Crippen molar-refractivity contribution in [1.82, 2.24) is 5.32 Å². The first kappa shape index (κ1) is 13.9. The summed E-state index contributed by atoms with van der Waals surface area (Å²) in [5.41, 5.74) is 1.97. The van der Waals surface area contributed by atoms with E-state index in [2.05, 4.69) is 38.3 Å². The van der Waals surface area contributed by atoms with Crippen molar-refractivity contribution in [3.63, 3.8) is 0 Å². The molecule has 1 aromatic carbocycles. The summed E-state index contributed by atoms with van der Waals surface area (Å²) in [6.45, 7) is 3.43. The Balaban J connectivity index is 1.78. The Labute approximate surface area is 129 Å². The summed E-state index contributed by atoms with van der Waals surface area (Å²) < 4.78 is 1.05. The standard InChI is InChI=1S/C16H20BrN3/c17-15-8-12(9-18)3-6-16(15)20(14-4-5-14)11-13-2-1-7-19-10-13/h3,6,8,13-14,19H,1-2,4-5,7,10-11H2. The minimum absolute atomic E-state index is 0.696. The van der Waals surface area contributed by atoms with Gasteiger partial charge in [0.1, 0.15) is 0 Å². The van der Waals surface area contributed by atoms with Gasteiger partial charge in [0, 0.05) is 17.1 Å². The molecular weight excluding hydrogens is 314 g/mol. The summed E-state index contributed by atoms with van der Waals surface area (Å²) in [6.07, 6.45) is 5.21. The van der Waals surface area contributed by atoms with Gasteiger partial charge in [0.05, 0.1) is 17.3 Å². The van der Waals surface area contributed by atoms with Gasteiger partial charge in [-0.3, -0.25) is 0 Å². The van der Waals surface area contributed by atoms with Crippen LogP contribution in [0.2, 0.25) is 0 Å². The monoisotopic (exact) mass is 333 g/mol. The van der Waals surface area contributed by atoms with E-state index in [0.717, 1.165) is 29.0 Å². The first-order valence-corrected chi connectivity index (χ1v) is 8.24. The topological polar surface area (TPSA) is 39.1 Å². The quantitative estimate of drug-likeness (QED) is 0.918. The molecule has 20 heavy (non-hydrogen) atoms. The van der Waals surface area contributed by atoms with E-state index < -0.39 is 0 Å². The van der Waals surface area contributed by atoms with E-state index in [0.29, 0.717) is 6.04 Å². The molecule has 0 aromatic heterocycles. The summed E-state index contributed by atoms with van der Waals surface area (Å²) in [7, 11) is 0. The van der Waals surface area contributed by atoms with Crippen LogP contribution in [0.5, 0.6) is 0 Å². The number of halogens is 1. The van der Waals surface area contributed by atoms with Crippen LogP contribution in [0.3, 0.4) is 0 Å². The van der Waals surface area contributed by atoms with E-state index in [1.807, 2.05) is 12.1 Å². The highest BCUT2D eigenvalue weighted by Gasteiger charge is 2.32. The van der Waals surface area contributed by atoms with E-state index in [1.54, 1.807) is 0 Å². The van der Waals surface area contributed by atoms with Crippen molar-refractivity contribution >= 4 is 21.6 Å². The number of piperidine rings is 1. The first-order chi connectivity index (χ1) is 9.78. The highest BCUT2D eigenvalue weighted by molar-refractivity contribution is 9.10. The van der Waals surface area contributed by atoms with Gasteiger partial charge in [-0.25, -0.2) is 0 Å². The van der Waals surface area contributed by atoms with Crippen LogP contribution in [-0.4, -0.2) is 25.7 Å². The van der Waals surface area contributed by atoms with Crippen LogP contribution in [0.15, 0.2) is 22.7 Å². The molecule has 1 aromatic rings. The fourth-order valence-electron chi connectivity index (χ4n) is 3.00. The SMILES string of the molecule is N#Cc1ccc(N(CC2CCCNC2)C2CC2)c(Br)c1. The van der Waals surface area contributed by atoms with E-state index >= 15 is 0 Å². The lowest BCUT2D eigenvalue weighted by molar-refractivity contribution is 0.376. The summed E-state index contributed by atoms with van der Waals surface area (Å²) in [4.78, 5) is 2.54. The fourth-order valence-corrected chi connectivity index (χ4v) is 3.60. The normalized spacial score (nSPS) is 22.3. The molecule has 0 spiro atoms. The van der Waals surface area contributed by atoms with Crippen molar-refractivity contribution in [3.05, 3.63) is 28.2 Å². The van der Waals surface area contributed by atoms with Gasteiger partial charge in [-0.2, -0.15) is 5.26 Å². The molecule has 1 unspecified atom stereocenters. The Morgan fingerprint density at radius 3 is 2.80 bits per heavy atom. The number of rotatable bonds is 4. The van der Waals surface area contributed by atoms with E-state index in [-0.39, 0.29) is 0 Å². The third-order valence-electron chi connectivity index (χ3n) is 4.23. The predicted molar refractivity (Wildman–Crippen MR) is 84.8 cm³/mol. The Morgan fingerprint density at radius 1 is 1.35 bits per heavy atom. The minimum atomic E-state index is 0.696. The minimum Gasteiger partial charge on any atom is -0.367 e. The van der Waals surface area contributed by atoms with E-state index in [9.17, 15) is 0 Å². The number of hydrogen-bond acceptors (Lipinski definition) is 3. The van der Waals surface area contributed by atoms with E-state index in [1.165, 1.54) is 37.9 Å². The zero-order valence-electron chi connectivity index (χ0n) is 11.6. The lowest BCUT2D eigenvalue weighted by atomic mass is 9.98. The number of hydrogen-bond donors (Lipinski definition) is 1. The van der Waals surface area contributed by atoms with E-state index in [4.69, 9.17) is 5.26 Å². The van der Waals surface area contributed by atoms with Crippen LogP contribution in [0, 0.1) is 17.2 Å². The number of nitriles is 1. The molecule has 2 aliphatic rings. The zero-order valence-corrected chi connectivity index (χ0v) is 13.2. The van der Waals surface area contributed by atoms with Gasteiger partial charge in [-0.05, 0) is 78.8 Å². The van der Waals surface area contributed by atoms with Crippen molar-refractivity contribution in [3.8, 4) is 6.07 Å².